The molecular weight excluding hydrogens is 178 g/mol. The molecule has 0 aliphatic heterocycles. The Morgan fingerprint density at radius 3 is 2.43 bits per heavy atom. The molecule has 0 rings (SSSR count). The van der Waals surface area contributed by atoms with Crippen molar-refractivity contribution in [3.05, 3.63) is 0 Å². The van der Waals surface area contributed by atoms with Gasteiger partial charge >= 0.3 is 0 Å². The number of hydrogen-bond donors (Lipinski definition) is 1. The maximum absolute atomic E-state index is 9.29. The number of aliphatic hydroxyl groups excluding tert-OH is 1. The number of aliphatic hydroxyl groups is 1. The highest BCUT2D eigenvalue weighted by Crippen LogP contribution is 2.21. The van der Waals surface area contributed by atoms with E-state index in [0.29, 0.717) is 6.04 Å². The molecule has 0 saturated carbocycles. The molecule has 0 aromatic rings. The van der Waals surface area contributed by atoms with Gasteiger partial charge in [-0.3, -0.25) is 0 Å². The summed E-state index contributed by atoms with van der Waals surface area (Å²) >= 11 is 0. The van der Waals surface area contributed by atoms with Gasteiger partial charge in [0.1, 0.15) is 0 Å². The van der Waals surface area contributed by atoms with Crippen molar-refractivity contribution in [2.45, 2.75) is 33.2 Å². The standard InChI is InChI=1S/C11H25NO2/c1-6-11(3,9-13)8-12(4)10(2)7-14-5/h10,13H,6-9H2,1-5H3. The van der Waals surface area contributed by atoms with Crippen LogP contribution in [0.1, 0.15) is 27.2 Å². The van der Waals surface area contributed by atoms with Gasteiger partial charge < -0.3 is 14.7 Å². The summed E-state index contributed by atoms with van der Waals surface area (Å²) in [5.41, 5.74) is 0.0107. The summed E-state index contributed by atoms with van der Waals surface area (Å²) in [6.45, 7) is 8.25. The molecule has 0 bridgehead atoms. The van der Waals surface area contributed by atoms with Gasteiger partial charge in [-0.25, -0.2) is 0 Å². The van der Waals surface area contributed by atoms with Gasteiger partial charge in [0.05, 0.1) is 6.61 Å². The number of rotatable bonds is 7. The zero-order chi connectivity index (χ0) is 11.2. The van der Waals surface area contributed by atoms with Crippen molar-refractivity contribution >= 4 is 0 Å². The molecule has 0 saturated heterocycles. The number of likely N-dealkylation sites (N-methyl/N-ethyl adjacent to an activating group) is 1. The maximum atomic E-state index is 9.29. The van der Waals surface area contributed by atoms with E-state index in [-0.39, 0.29) is 12.0 Å². The lowest BCUT2D eigenvalue weighted by Gasteiger charge is -2.34. The molecule has 0 spiro atoms. The van der Waals surface area contributed by atoms with Crippen molar-refractivity contribution in [3.8, 4) is 0 Å². The van der Waals surface area contributed by atoms with E-state index in [2.05, 4.69) is 32.7 Å². The molecule has 2 atom stereocenters. The first-order valence-electron chi connectivity index (χ1n) is 5.29. The van der Waals surface area contributed by atoms with E-state index in [1.54, 1.807) is 7.11 Å². The Labute approximate surface area is 88.1 Å². The third kappa shape index (κ3) is 4.40. The smallest absolute Gasteiger partial charge is 0.0615 e. The molecular formula is C11H25NO2. The summed E-state index contributed by atoms with van der Waals surface area (Å²) in [6, 6.07) is 0.400. The molecule has 0 amide bonds. The van der Waals surface area contributed by atoms with Crippen LogP contribution >= 0.6 is 0 Å². The highest BCUT2D eigenvalue weighted by Gasteiger charge is 2.24. The lowest BCUT2D eigenvalue weighted by Crippen LogP contribution is -2.41. The van der Waals surface area contributed by atoms with Gasteiger partial charge in [-0.15, -0.1) is 0 Å². The van der Waals surface area contributed by atoms with Gasteiger partial charge in [-0.05, 0) is 20.4 Å². The molecule has 0 radical (unpaired) electrons. The van der Waals surface area contributed by atoms with Crippen LogP contribution in [0.25, 0.3) is 0 Å². The second kappa shape index (κ2) is 6.38. The molecule has 2 unspecified atom stereocenters. The Morgan fingerprint density at radius 1 is 1.50 bits per heavy atom. The molecule has 0 heterocycles. The minimum Gasteiger partial charge on any atom is -0.396 e. The highest BCUT2D eigenvalue weighted by molar-refractivity contribution is 4.77. The zero-order valence-electron chi connectivity index (χ0n) is 10.2. The van der Waals surface area contributed by atoms with E-state index < -0.39 is 0 Å². The third-order valence-corrected chi connectivity index (χ3v) is 3.03. The van der Waals surface area contributed by atoms with Crippen molar-refractivity contribution in [3.63, 3.8) is 0 Å². The zero-order valence-corrected chi connectivity index (χ0v) is 10.2. The van der Waals surface area contributed by atoms with E-state index in [9.17, 15) is 5.11 Å². The quantitative estimate of drug-likeness (QED) is 0.678. The topological polar surface area (TPSA) is 32.7 Å². The van der Waals surface area contributed by atoms with Crippen LogP contribution in [0.2, 0.25) is 0 Å². The molecule has 14 heavy (non-hydrogen) atoms. The summed E-state index contributed by atoms with van der Waals surface area (Å²) in [7, 11) is 3.79. The second-order valence-corrected chi connectivity index (χ2v) is 4.54. The van der Waals surface area contributed by atoms with Gasteiger partial charge in [0.15, 0.2) is 0 Å². The number of methoxy groups -OCH3 is 1. The SMILES string of the molecule is CCC(C)(CO)CN(C)C(C)COC. The van der Waals surface area contributed by atoms with Crippen LogP contribution in [0.5, 0.6) is 0 Å². The lowest BCUT2D eigenvalue weighted by atomic mass is 9.88. The first-order chi connectivity index (χ1) is 6.49. The summed E-state index contributed by atoms with van der Waals surface area (Å²) in [5, 5.41) is 9.29. The van der Waals surface area contributed by atoms with Crippen molar-refractivity contribution < 1.29 is 9.84 Å². The van der Waals surface area contributed by atoms with Crippen LogP contribution in [-0.4, -0.2) is 50.0 Å². The van der Waals surface area contributed by atoms with Gasteiger partial charge in [0.2, 0.25) is 0 Å². The average molecular weight is 203 g/mol. The molecule has 0 aliphatic rings. The minimum absolute atomic E-state index is 0.0107. The van der Waals surface area contributed by atoms with E-state index in [1.165, 1.54) is 0 Å². The largest absolute Gasteiger partial charge is 0.396 e. The Hall–Kier alpha value is -0.120. The van der Waals surface area contributed by atoms with Crippen LogP contribution < -0.4 is 0 Å². The Bertz CT molecular complexity index is 146. The van der Waals surface area contributed by atoms with Gasteiger partial charge in [-0.2, -0.15) is 0 Å². The summed E-state index contributed by atoms with van der Waals surface area (Å²) in [5.74, 6) is 0. The van der Waals surface area contributed by atoms with E-state index in [1.807, 2.05) is 0 Å². The predicted octanol–water partition coefficient (Wildman–Crippen LogP) is 1.36. The minimum atomic E-state index is 0.0107. The van der Waals surface area contributed by atoms with Gasteiger partial charge in [0.25, 0.3) is 0 Å². The van der Waals surface area contributed by atoms with E-state index >= 15 is 0 Å². The maximum Gasteiger partial charge on any atom is 0.0615 e. The summed E-state index contributed by atoms with van der Waals surface area (Å²) in [4.78, 5) is 2.24. The Morgan fingerprint density at radius 2 is 2.07 bits per heavy atom. The van der Waals surface area contributed by atoms with Gasteiger partial charge in [-0.1, -0.05) is 13.8 Å². The lowest BCUT2D eigenvalue weighted by molar-refractivity contribution is 0.0542. The fourth-order valence-corrected chi connectivity index (χ4v) is 1.40. The van der Waals surface area contributed by atoms with E-state index in [0.717, 1.165) is 19.6 Å². The molecule has 3 heteroatoms. The highest BCUT2D eigenvalue weighted by atomic mass is 16.5. The normalized spacial score (nSPS) is 18.2. The monoisotopic (exact) mass is 203 g/mol. The average Bonchev–Trinajstić information content (AvgIpc) is 2.18. The second-order valence-electron chi connectivity index (χ2n) is 4.54. The van der Waals surface area contributed by atoms with Crippen molar-refractivity contribution in [1.82, 2.24) is 4.90 Å². The molecule has 0 aromatic carbocycles. The molecule has 86 valence electrons. The molecule has 0 aromatic heterocycles. The first kappa shape index (κ1) is 13.9. The Kier molecular flexibility index (Phi) is 6.33. The van der Waals surface area contributed by atoms with Gasteiger partial charge in [0, 0.05) is 31.7 Å². The summed E-state index contributed by atoms with van der Waals surface area (Å²) in [6.07, 6.45) is 0.994. The fourth-order valence-electron chi connectivity index (χ4n) is 1.40. The van der Waals surface area contributed by atoms with E-state index in [4.69, 9.17) is 4.74 Å². The molecule has 0 fully saturated rings. The number of nitrogens with zero attached hydrogens (tertiary/aromatic N) is 1. The van der Waals surface area contributed by atoms with Crippen LogP contribution in [0.3, 0.4) is 0 Å². The number of ether oxygens (including phenoxy) is 1. The first-order valence-corrected chi connectivity index (χ1v) is 5.29. The Balaban J connectivity index is 4.07. The molecule has 0 aliphatic carbocycles. The van der Waals surface area contributed by atoms with Crippen molar-refractivity contribution in [2.24, 2.45) is 5.41 Å². The van der Waals surface area contributed by atoms with Crippen LogP contribution in [0, 0.1) is 5.41 Å². The van der Waals surface area contributed by atoms with Crippen molar-refractivity contribution in [1.29, 1.82) is 0 Å². The molecule has 1 N–H and O–H groups in total. The summed E-state index contributed by atoms with van der Waals surface area (Å²) < 4.78 is 5.10. The number of hydrogen-bond acceptors (Lipinski definition) is 3. The van der Waals surface area contributed by atoms with Crippen LogP contribution in [0.4, 0.5) is 0 Å². The van der Waals surface area contributed by atoms with Crippen LogP contribution in [-0.2, 0) is 4.74 Å². The molecule has 3 nitrogen and oxygen atoms in total. The predicted molar refractivity (Wildman–Crippen MR) is 59.5 cm³/mol. The fraction of sp³-hybridized carbons (Fsp3) is 1.00. The van der Waals surface area contributed by atoms with Crippen LogP contribution in [0.15, 0.2) is 0 Å². The van der Waals surface area contributed by atoms with Crippen molar-refractivity contribution in [2.75, 3.05) is 33.9 Å². The third-order valence-electron chi connectivity index (χ3n) is 3.03.